The van der Waals surface area contributed by atoms with Crippen molar-refractivity contribution in [3.63, 3.8) is 0 Å². The molecule has 2 atom stereocenters. The van der Waals surface area contributed by atoms with Crippen molar-refractivity contribution in [3.05, 3.63) is 5.82 Å². The fourth-order valence-electron chi connectivity index (χ4n) is 3.28. The smallest absolute Gasteiger partial charge is 0.205 e. The summed E-state index contributed by atoms with van der Waals surface area (Å²) < 4.78 is 4.56. The molecule has 2 unspecified atom stereocenters. The first kappa shape index (κ1) is 12.4. The molecule has 1 aromatic rings. The number of rotatable bonds is 1. The molecule has 0 bridgehead atoms. The molecule has 100 valence electrons. The van der Waals surface area contributed by atoms with Crippen LogP contribution in [0.15, 0.2) is 0 Å². The molecular weight excluding hydrogens is 242 g/mol. The lowest BCUT2D eigenvalue weighted by Crippen LogP contribution is -2.34. The molecule has 1 aliphatic carbocycles. The minimum atomic E-state index is 0.0699. The Bertz CT molecular complexity index is 421. The Hall–Kier alpha value is -0.640. The van der Waals surface area contributed by atoms with Crippen LogP contribution in [0.3, 0.4) is 0 Å². The van der Waals surface area contributed by atoms with E-state index in [4.69, 9.17) is 4.98 Å². The standard InChI is InChI=1S/C14H23N3S/c1-14(2,3)12-15-13(18-16-12)17-9-8-10-6-4-5-7-11(10)17/h10-11H,4-9H2,1-3H3. The minimum Gasteiger partial charge on any atom is -0.344 e. The van der Waals surface area contributed by atoms with E-state index in [1.165, 1.54) is 38.6 Å². The number of hydrogen-bond donors (Lipinski definition) is 0. The Balaban J connectivity index is 1.80. The molecule has 0 aromatic carbocycles. The van der Waals surface area contributed by atoms with Gasteiger partial charge in [0, 0.05) is 29.5 Å². The summed E-state index contributed by atoms with van der Waals surface area (Å²) in [5, 5.41) is 1.16. The van der Waals surface area contributed by atoms with E-state index in [0.717, 1.165) is 22.9 Å². The first-order chi connectivity index (χ1) is 8.55. The lowest BCUT2D eigenvalue weighted by molar-refractivity contribution is 0.342. The molecule has 3 nitrogen and oxygen atoms in total. The molecule has 1 aromatic heterocycles. The molecule has 1 aliphatic heterocycles. The van der Waals surface area contributed by atoms with Crippen LogP contribution in [0.25, 0.3) is 0 Å². The average Bonchev–Trinajstić information content (AvgIpc) is 2.94. The zero-order valence-corrected chi connectivity index (χ0v) is 12.5. The van der Waals surface area contributed by atoms with Crippen molar-refractivity contribution in [3.8, 4) is 0 Å². The zero-order valence-electron chi connectivity index (χ0n) is 11.6. The highest BCUT2D eigenvalue weighted by Crippen LogP contribution is 2.39. The number of fused-ring (bicyclic) bond motifs is 1. The Morgan fingerprint density at radius 1 is 1.17 bits per heavy atom. The second kappa shape index (κ2) is 4.48. The molecule has 1 saturated heterocycles. The summed E-state index contributed by atoms with van der Waals surface area (Å²) in [5.41, 5.74) is 0.0699. The lowest BCUT2D eigenvalue weighted by Gasteiger charge is -2.31. The molecule has 4 heteroatoms. The third kappa shape index (κ3) is 2.15. The normalized spacial score (nSPS) is 28.5. The van der Waals surface area contributed by atoms with Gasteiger partial charge in [-0.3, -0.25) is 0 Å². The van der Waals surface area contributed by atoms with E-state index in [2.05, 4.69) is 30.0 Å². The number of anilines is 1. The van der Waals surface area contributed by atoms with Crippen LogP contribution in [-0.4, -0.2) is 21.9 Å². The van der Waals surface area contributed by atoms with Crippen LogP contribution in [-0.2, 0) is 5.41 Å². The SMILES string of the molecule is CC(C)(C)c1nsc(N2CCC3CCCCC32)n1. The number of nitrogens with zero attached hydrogens (tertiary/aromatic N) is 3. The topological polar surface area (TPSA) is 29.0 Å². The van der Waals surface area contributed by atoms with Gasteiger partial charge in [-0.25, -0.2) is 4.98 Å². The molecule has 1 saturated carbocycles. The van der Waals surface area contributed by atoms with E-state index in [9.17, 15) is 0 Å². The molecule has 0 N–H and O–H groups in total. The van der Waals surface area contributed by atoms with E-state index >= 15 is 0 Å². The molecule has 0 spiro atoms. The first-order valence-electron chi connectivity index (χ1n) is 7.16. The Morgan fingerprint density at radius 2 is 1.94 bits per heavy atom. The van der Waals surface area contributed by atoms with Crippen LogP contribution in [0.5, 0.6) is 0 Å². The van der Waals surface area contributed by atoms with Gasteiger partial charge in [-0.2, -0.15) is 4.37 Å². The molecule has 2 aliphatic rings. The molecule has 3 rings (SSSR count). The summed E-state index contributed by atoms with van der Waals surface area (Å²) in [7, 11) is 0. The Labute approximate surface area is 114 Å². The summed E-state index contributed by atoms with van der Waals surface area (Å²) in [6.45, 7) is 7.75. The van der Waals surface area contributed by atoms with Crippen molar-refractivity contribution in [1.82, 2.24) is 9.36 Å². The fraction of sp³-hybridized carbons (Fsp3) is 0.857. The van der Waals surface area contributed by atoms with E-state index in [1.54, 1.807) is 11.5 Å². The highest BCUT2D eigenvalue weighted by molar-refractivity contribution is 7.09. The third-order valence-electron chi connectivity index (χ3n) is 4.34. The molecule has 18 heavy (non-hydrogen) atoms. The van der Waals surface area contributed by atoms with Crippen LogP contribution in [0, 0.1) is 5.92 Å². The van der Waals surface area contributed by atoms with Gasteiger partial charge in [0.1, 0.15) is 5.82 Å². The van der Waals surface area contributed by atoms with Crippen LogP contribution >= 0.6 is 11.5 Å². The van der Waals surface area contributed by atoms with Crippen molar-refractivity contribution < 1.29 is 0 Å². The summed E-state index contributed by atoms with van der Waals surface area (Å²) in [6, 6.07) is 0.750. The number of hydrogen-bond acceptors (Lipinski definition) is 4. The maximum absolute atomic E-state index is 4.79. The molecule has 2 fully saturated rings. The Morgan fingerprint density at radius 3 is 2.67 bits per heavy atom. The molecular formula is C14H23N3S. The second-order valence-electron chi connectivity index (χ2n) is 6.74. The van der Waals surface area contributed by atoms with Crippen LogP contribution < -0.4 is 4.90 Å². The number of aromatic nitrogens is 2. The largest absolute Gasteiger partial charge is 0.344 e. The monoisotopic (exact) mass is 265 g/mol. The van der Waals surface area contributed by atoms with Crippen molar-refractivity contribution in [2.24, 2.45) is 5.92 Å². The summed E-state index contributed by atoms with van der Waals surface area (Å²) >= 11 is 1.59. The fourth-order valence-corrected chi connectivity index (χ4v) is 4.22. The van der Waals surface area contributed by atoms with Gasteiger partial charge < -0.3 is 4.90 Å². The van der Waals surface area contributed by atoms with Crippen LogP contribution in [0.2, 0.25) is 0 Å². The van der Waals surface area contributed by atoms with E-state index in [0.29, 0.717) is 0 Å². The molecule has 0 radical (unpaired) electrons. The van der Waals surface area contributed by atoms with E-state index in [-0.39, 0.29) is 5.41 Å². The maximum atomic E-state index is 4.79. The highest BCUT2D eigenvalue weighted by Gasteiger charge is 2.37. The predicted molar refractivity (Wildman–Crippen MR) is 76.3 cm³/mol. The van der Waals surface area contributed by atoms with Crippen molar-refractivity contribution >= 4 is 16.7 Å². The second-order valence-corrected chi connectivity index (χ2v) is 7.47. The van der Waals surface area contributed by atoms with E-state index in [1.807, 2.05) is 0 Å². The quantitative estimate of drug-likeness (QED) is 0.777. The van der Waals surface area contributed by atoms with Gasteiger partial charge in [0.05, 0.1) is 0 Å². The average molecular weight is 265 g/mol. The Kier molecular flexibility index (Phi) is 3.08. The predicted octanol–water partition coefficient (Wildman–Crippen LogP) is 3.60. The van der Waals surface area contributed by atoms with Crippen LogP contribution in [0.1, 0.15) is 58.7 Å². The summed E-state index contributed by atoms with van der Waals surface area (Å²) in [6.07, 6.45) is 6.96. The molecule has 0 amide bonds. The van der Waals surface area contributed by atoms with E-state index < -0.39 is 0 Å². The first-order valence-corrected chi connectivity index (χ1v) is 7.94. The van der Waals surface area contributed by atoms with Gasteiger partial charge in [-0.1, -0.05) is 33.6 Å². The van der Waals surface area contributed by atoms with Gasteiger partial charge in [0.15, 0.2) is 0 Å². The van der Waals surface area contributed by atoms with Gasteiger partial charge >= 0.3 is 0 Å². The lowest BCUT2D eigenvalue weighted by atomic mass is 9.85. The van der Waals surface area contributed by atoms with Crippen molar-refractivity contribution in [2.75, 3.05) is 11.4 Å². The minimum absolute atomic E-state index is 0.0699. The van der Waals surface area contributed by atoms with Gasteiger partial charge in [0.2, 0.25) is 5.13 Å². The van der Waals surface area contributed by atoms with Crippen molar-refractivity contribution in [2.45, 2.75) is 64.3 Å². The highest BCUT2D eigenvalue weighted by atomic mass is 32.1. The van der Waals surface area contributed by atoms with Crippen molar-refractivity contribution in [1.29, 1.82) is 0 Å². The maximum Gasteiger partial charge on any atom is 0.205 e. The van der Waals surface area contributed by atoms with Gasteiger partial charge in [-0.15, -0.1) is 0 Å². The summed E-state index contributed by atoms with van der Waals surface area (Å²) in [4.78, 5) is 7.33. The van der Waals surface area contributed by atoms with Crippen LogP contribution in [0.4, 0.5) is 5.13 Å². The van der Waals surface area contributed by atoms with Gasteiger partial charge in [-0.05, 0) is 25.2 Å². The molecule has 2 heterocycles. The third-order valence-corrected chi connectivity index (χ3v) is 5.10. The van der Waals surface area contributed by atoms with Gasteiger partial charge in [0.25, 0.3) is 0 Å². The summed E-state index contributed by atoms with van der Waals surface area (Å²) in [5.74, 6) is 1.92. The zero-order chi connectivity index (χ0) is 12.8.